The number of carbonyl (C=O) groups is 3. The van der Waals surface area contributed by atoms with Crippen molar-refractivity contribution in [3.05, 3.63) is 48.6 Å². The number of phosphoric acid groups is 1. The zero-order valence-electron chi connectivity index (χ0n) is 35.0. The molecule has 3 atom stereocenters. The molecule has 0 aliphatic heterocycles. The number of allylic oxidation sites excluding steroid dienone is 8. The molecule has 0 spiro atoms. The van der Waals surface area contributed by atoms with E-state index >= 15 is 0 Å². The third-order valence-electron chi connectivity index (χ3n) is 9.19. The summed E-state index contributed by atoms with van der Waals surface area (Å²) in [4.78, 5) is 45.9. The Balaban J connectivity index is 4.38. The minimum atomic E-state index is -4.72. The van der Waals surface area contributed by atoms with Crippen molar-refractivity contribution in [3.8, 4) is 0 Å². The molecule has 0 aliphatic rings. The van der Waals surface area contributed by atoms with Crippen LogP contribution in [0.2, 0.25) is 0 Å². The van der Waals surface area contributed by atoms with Crippen LogP contribution >= 0.6 is 7.82 Å². The van der Waals surface area contributed by atoms with Gasteiger partial charge in [0, 0.05) is 12.8 Å². The highest BCUT2D eigenvalue weighted by Crippen LogP contribution is 2.43. The fourth-order valence-corrected chi connectivity index (χ4v) is 6.56. The van der Waals surface area contributed by atoms with Crippen LogP contribution in [0.5, 0.6) is 0 Å². The maximum Gasteiger partial charge on any atom is 0.472 e. The summed E-state index contributed by atoms with van der Waals surface area (Å²) in [5.41, 5.74) is 5.33. The topological polar surface area (TPSA) is 172 Å². The Labute approximate surface area is 339 Å². The standard InChI is InChI=1S/C44H78NO10P/c1-3-5-7-9-11-13-15-17-19-20-22-24-26-28-30-32-34-36-43(47)55-40(38-53-56(50,51)54-39-41(45)44(48)49)37-52-42(46)35-33-31-29-27-25-23-21-18-16-14-12-10-8-6-4-2/h6,8,10,12,14,16,18,21,40-41H,3-5,7,9,11,13,15,17,19-20,22-39,45H2,1-2H3,(H,48,49)(H,50,51)/b8-6+,12-10+,16-14+,21-18+/t40-,41+/m1/s1. The quantitative estimate of drug-likeness (QED) is 0.0233. The number of esters is 2. The Bertz CT molecular complexity index is 1140. The maximum atomic E-state index is 12.6. The van der Waals surface area contributed by atoms with E-state index in [1.54, 1.807) is 0 Å². The van der Waals surface area contributed by atoms with Crippen LogP contribution in [0.4, 0.5) is 0 Å². The fraction of sp³-hybridized carbons (Fsp3) is 0.750. The molecule has 0 saturated carbocycles. The van der Waals surface area contributed by atoms with Crippen molar-refractivity contribution in [2.45, 2.75) is 193 Å². The van der Waals surface area contributed by atoms with Crippen LogP contribution < -0.4 is 5.73 Å². The van der Waals surface area contributed by atoms with Gasteiger partial charge in [-0.2, -0.15) is 0 Å². The Kier molecular flexibility index (Phi) is 37.5. The van der Waals surface area contributed by atoms with Crippen molar-refractivity contribution in [1.29, 1.82) is 0 Å². The summed E-state index contributed by atoms with van der Waals surface area (Å²) < 4.78 is 32.7. The van der Waals surface area contributed by atoms with Gasteiger partial charge in [-0.05, 0) is 32.1 Å². The van der Waals surface area contributed by atoms with Gasteiger partial charge in [0.15, 0.2) is 6.10 Å². The van der Waals surface area contributed by atoms with Gasteiger partial charge in [0.05, 0.1) is 13.2 Å². The number of ether oxygens (including phenoxy) is 2. The van der Waals surface area contributed by atoms with E-state index in [0.717, 1.165) is 57.8 Å². The molecule has 0 radical (unpaired) electrons. The van der Waals surface area contributed by atoms with Gasteiger partial charge in [0.2, 0.25) is 0 Å². The van der Waals surface area contributed by atoms with E-state index in [-0.39, 0.29) is 19.4 Å². The van der Waals surface area contributed by atoms with Crippen LogP contribution in [-0.2, 0) is 37.5 Å². The van der Waals surface area contributed by atoms with Crippen molar-refractivity contribution in [2.75, 3.05) is 19.8 Å². The SMILES string of the molecule is CC/C=C/C=C/C=C/C=C/CCCCCCCC(=O)OC[C@H](COP(=O)(O)OC[C@H](N)C(=O)O)OC(=O)CCCCCCCCCCCCCCCCCCC. The number of rotatable bonds is 40. The number of hydrogen-bond donors (Lipinski definition) is 3. The molecule has 0 aromatic rings. The molecule has 0 aromatic carbocycles. The van der Waals surface area contributed by atoms with Crippen LogP contribution in [0.25, 0.3) is 0 Å². The second-order valence-electron chi connectivity index (χ2n) is 14.5. The molecule has 12 heteroatoms. The third-order valence-corrected chi connectivity index (χ3v) is 10.1. The van der Waals surface area contributed by atoms with E-state index in [1.165, 1.54) is 83.5 Å². The number of aliphatic carboxylic acids is 1. The average Bonchev–Trinajstić information content (AvgIpc) is 3.17. The summed E-state index contributed by atoms with van der Waals surface area (Å²) in [7, 11) is -4.72. The molecule has 11 nitrogen and oxygen atoms in total. The highest BCUT2D eigenvalue weighted by Gasteiger charge is 2.28. The lowest BCUT2D eigenvalue weighted by Crippen LogP contribution is -2.34. The van der Waals surface area contributed by atoms with Crippen LogP contribution in [0, 0.1) is 0 Å². The summed E-state index contributed by atoms with van der Waals surface area (Å²) in [6.45, 7) is 2.65. The lowest BCUT2D eigenvalue weighted by molar-refractivity contribution is -0.161. The summed E-state index contributed by atoms with van der Waals surface area (Å²) in [6, 6.07) is -1.52. The molecular weight excluding hydrogens is 733 g/mol. The molecule has 0 aromatic heterocycles. The van der Waals surface area contributed by atoms with Gasteiger partial charge in [-0.15, -0.1) is 0 Å². The molecule has 0 bridgehead atoms. The number of hydrogen-bond acceptors (Lipinski definition) is 9. The lowest BCUT2D eigenvalue weighted by Gasteiger charge is -2.20. The number of carboxylic acid groups (broad SMARTS) is 1. The Morgan fingerprint density at radius 1 is 0.571 bits per heavy atom. The number of carbonyl (C=O) groups excluding carboxylic acids is 2. The molecule has 56 heavy (non-hydrogen) atoms. The lowest BCUT2D eigenvalue weighted by atomic mass is 10.0. The van der Waals surface area contributed by atoms with Crippen molar-refractivity contribution < 1.29 is 47.5 Å². The van der Waals surface area contributed by atoms with E-state index in [0.29, 0.717) is 12.8 Å². The van der Waals surface area contributed by atoms with Gasteiger partial charge in [0.1, 0.15) is 12.6 Å². The maximum absolute atomic E-state index is 12.6. The monoisotopic (exact) mass is 812 g/mol. The first-order chi connectivity index (χ1) is 27.1. The number of unbranched alkanes of at least 4 members (excludes halogenated alkanes) is 21. The van der Waals surface area contributed by atoms with E-state index < -0.39 is 51.1 Å². The summed E-state index contributed by atoms with van der Waals surface area (Å²) in [5, 5.41) is 8.89. The molecule has 0 fully saturated rings. The Morgan fingerprint density at radius 2 is 1.00 bits per heavy atom. The van der Waals surface area contributed by atoms with Gasteiger partial charge in [-0.3, -0.25) is 23.4 Å². The first kappa shape index (κ1) is 53.4. The molecule has 1 unspecified atom stereocenters. The van der Waals surface area contributed by atoms with Crippen molar-refractivity contribution >= 4 is 25.7 Å². The first-order valence-electron chi connectivity index (χ1n) is 21.7. The van der Waals surface area contributed by atoms with Gasteiger partial charge in [0.25, 0.3) is 0 Å². The Hall–Kier alpha value is -2.56. The molecule has 324 valence electrons. The summed E-state index contributed by atoms with van der Waals surface area (Å²) >= 11 is 0. The largest absolute Gasteiger partial charge is 0.480 e. The molecule has 0 saturated heterocycles. The molecule has 0 amide bonds. The zero-order chi connectivity index (χ0) is 41.4. The predicted octanol–water partition coefficient (Wildman–Crippen LogP) is 11.4. The minimum absolute atomic E-state index is 0.157. The predicted molar refractivity (Wildman–Crippen MR) is 226 cm³/mol. The normalized spacial score (nSPS) is 14.2. The number of nitrogens with two attached hydrogens (primary N) is 1. The van der Waals surface area contributed by atoms with Gasteiger partial charge < -0.3 is 25.2 Å². The van der Waals surface area contributed by atoms with E-state index in [2.05, 4.69) is 30.5 Å². The Morgan fingerprint density at radius 3 is 1.50 bits per heavy atom. The highest BCUT2D eigenvalue weighted by molar-refractivity contribution is 7.47. The van der Waals surface area contributed by atoms with Crippen molar-refractivity contribution in [1.82, 2.24) is 0 Å². The summed E-state index contributed by atoms with van der Waals surface area (Å²) in [5.74, 6) is -2.41. The smallest absolute Gasteiger partial charge is 0.472 e. The minimum Gasteiger partial charge on any atom is -0.480 e. The van der Waals surface area contributed by atoms with Crippen LogP contribution in [0.15, 0.2) is 48.6 Å². The summed E-state index contributed by atoms with van der Waals surface area (Å²) in [6.07, 6.45) is 43.1. The van der Waals surface area contributed by atoms with Crippen LogP contribution in [0.1, 0.15) is 181 Å². The third kappa shape index (κ3) is 38.3. The van der Waals surface area contributed by atoms with Gasteiger partial charge in [-0.1, -0.05) is 184 Å². The number of carboxylic acids is 1. The van der Waals surface area contributed by atoms with Crippen LogP contribution in [0.3, 0.4) is 0 Å². The second kappa shape index (κ2) is 39.3. The van der Waals surface area contributed by atoms with Crippen molar-refractivity contribution in [3.63, 3.8) is 0 Å². The van der Waals surface area contributed by atoms with Gasteiger partial charge in [-0.25, -0.2) is 4.57 Å². The van der Waals surface area contributed by atoms with E-state index in [9.17, 15) is 23.8 Å². The zero-order valence-corrected chi connectivity index (χ0v) is 35.9. The fourth-order valence-electron chi connectivity index (χ4n) is 5.78. The van der Waals surface area contributed by atoms with E-state index in [4.69, 9.17) is 24.8 Å². The average molecular weight is 812 g/mol. The highest BCUT2D eigenvalue weighted by atomic mass is 31.2. The molecule has 0 heterocycles. The van der Waals surface area contributed by atoms with Crippen molar-refractivity contribution in [2.24, 2.45) is 5.73 Å². The molecule has 4 N–H and O–H groups in total. The second-order valence-corrected chi connectivity index (χ2v) is 16.0. The number of phosphoric ester groups is 1. The van der Waals surface area contributed by atoms with E-state index in [1.807, 2.05) is 36.5 Å². The molecule has 0 rings (SSSR count). The molecular formula is C44H78NO10P. The molecule has 0 aliphatic carbocycles. The first-order valence-corrected chi connectivity index (χ1v) is 23.2. The van der Waals surface area contributed by atoms with Gasteiger partial charge >= 0.3 is 25.7 Å². The van der Waals surface area contributed by atoms with Crippen LogP contribution in [-0.4, -0.2) is 59.9 Å².